The number of hydrogen-bond donors (Lipinski definition) is 0. The zero-order valence-corrected chi connectivity index (χ0v) is 21.2. The van der Waals surface area contributed by atoms with Gasteiger partial charge in [-0.25, -0.2) is 4.98 Å². The van der Waals surface area contributed by atoms with E-state index in [0.717, 1.165) is 34.4 Å². The Kier molecular flexibility index (Phi) is 7.97. The molecule has 1 aliphatic rings. The topological polar surface area (TPSA) is 79.4 Å². The number of benzene rings is 2. The summed E-state index contributed by atoms with van der Waals surface area (Å²) < 4.78 is 28.4. The van der Waals surface area contributed by atoms with E-state index in [1.165, 1.54) is 11.3 Å². The first-order valence-corrected chi connectivity index (χ1v) is 12.2. The van der Waals surface area contributed by atoms with E-state index in [2.05, 4.69) is 4.98 Å². The van der Waals surface area contributed by atoms with Crippen molar-refractivity contribution in [2.24, 2.45) is 5.92 Å². The van der Waals surface area contributed by atoms with Gasteiger partial charge >= 0.3 is 0 Å². The number of aromatic nitrogens is 1. The van der Waals surface area contributed by atoms with Crippen LogP contribution in [0.1, 0.15) is 18.4 Å². The Morgan fingerprint density at radius 3 is 2.37 bits per heavy atom. The van der Waals surface area contributed by atoms with E-state index < -0.39 is 0 Å². The number of likely N-dealkylation sites (tertiary alicyclic amines) is 1. The zero-order chi connectivity index (χ0) is 24.8. The van der Waals surface area contributed by atoms with Crippen LogP contribution in [0.3, 0.4) is 0 Å². The number of rotatable bonds is 9. The van der Waals surface area contributed by atoms with Crippen molar-refractivity contribution in [1.82, 2.24) is 9.88 Å². The van der Waals surface area contributed by atoms with Crippen molar-refractivity contribution in [1.29, 1.82) is 0 Å². The van der Waals surface area contributed by atoms with Gasteiger partial charge in [-0.1, -0.05) is 11.3 Å². The van der Waals surface area contributed by atoms with Crippen LogP contribution in [-0.4, -0.2) is 63.9 Å². The molecule has 3 aromatic rings. The lowest BCUT2D eigenvalue weighted by Gasteiger charge is -2.31. The van der Waals surface area contributed by atoms with Gasteiger partial charge in [-0.15, -0.1) is 0 Å². The second kappa shape index (κ2) is 11.3. The second-order valence-corrected chi connectivity index (χ2v) is 9.18. The highest BCUT2D eigenvalue weighted by atomic mass is 32.1. The van der Waals surface area contributed by atoms with Crippen LogP contribution in [0.15, 0.2) is 36.4 Å². The molecule has 1 aromatic heterocycles. The van der Waals surface area contributed by atoms with Crippen molar-refractivity contribution in [2.75, 3.05) is 48.1 Å². The number of carbonyl (C=O) groups excluding carboxylic acids is 1. The summed E-state index contributed by atoms with van der Waals surface area (Å²) in [6, 6.07) is 9.43. The second-order valence-electron chi connectivity index (χ2n) is 8.19. The van der Waals surface area contributed by atoms with Gasteiger partial charge < -0.3 is 28.6 Å². The summed E-state index contributed by atoms with van der Waals surface area (Å²) in [6.45, 7) is 1.99. The first kappa shape index (κ1) is 24.7. The summed E-state index contributed by atoms with van der Waals surface area (Å²) in [6.07, 6.45) is 5.14. The quantitative estimate of drug-likeness (QED) is 0.397. The molecule has 4 rings (SSSR count). The van der Waals surface area contributed by atoms with Crippen molar-refractivity contribution in [2.45, 2.75) is 12.8 Å². The number of thiazole rings is 1. The largest absolute Gasteiger partial charge is 0.497 e. The zero-order valence-electron chi connectivity index (χ0n) is 20.4. The van der Waals surface area contributed by atoms with Crippen LogP contribution in [0.25, 0.3) is 16.3 Å². The Bertz CT molecular complexity index is 1170. The van der Waals surface area contributed by atoms with Crippen LogP contribution in [-0.2, 0) is 4.79 Å². The average Bonchev–Trinajstić information content (AvgIpc) is 3.32. The molecule has 0 radical (unpaired) electrons. The lowest BCUT2D eigenvalue weighted by atomic mass is 9.98. The Morgan fingerprint density at radius 1 is 1.03 bits per heavy atom. The average molecular weight is 499 g/mol. The molecule has 0 aliphatic carbocycles. The lowest BCUT2D eigenvalue weighted by molar-refractivity contribution is -0.127. The third-order valence-electron chi connectivity index (χ3n) is 6.05. The summed E-state index contributed by atoms with van der Waals surface area (Å²) in [5, 5.41) is 0.667. The maximum absolute atomic E-state index is 12.7. The molecule has 1 saturated heterocycles. The fraction of sp³-hybridized carbons (Fsp3) is 0.385. The standard InChI is InChI=1S/C26H30N2O6S/c1-30-19-6-7-20-23(15-19)35-26(27-20)34-16-17-9-11-28(12-10-17)24(29)8-5-18-13-21(31-2)25(33-4)22(14-18)32-3/h5-8,13-15,17H,9-12,16H2,1-4H3/b8-5+. The van der Waals surface area contributed by atoms with E-state index in [0.29, 0.717) is 48.1 Å². The summed E-state index contributed by atoms with van der Waals surface area (Å²) in [5.74, 6) is 2.80. The highest BCUT2D eigenvalue weighted by molar-refractivity contribution is 7.20. The molecule has 2 heterocycles. The Morgan fingerprint density at radius 2 is 1.74 bits per heavy atom. The number of hydrogen-bond acceptors (Lipinski definition) is 8. The molecular weight excluding hydrogens is 468 g/mol. The minimum atomic E-state index is -0.0155. The van der Waals surface area contributed by atoms with Gasteiger partial charge in [0, 0.05) is 19.2 Å². The van der Waals surface area contributed by atoms with Crippen molar-refractivity contribution in [3.63, 3.8) is 0 Å². The van der Waals surface area contributed by atoms with Gasteiger partial charge in [0.15, 0.2) is 11.5 Å². The molecule has 0 atom stereocenters. The van der Waals surface area contributed by atoms with Crippen molar-refractivity contribution in [3.05, 3.63) is 42.0 Å². The van der Waals surface area contributed by atoms with Crippen LogP contribution < -0.4 is 23.7 Å². The molecule has 0 N–H and O–H groups in total. The maximum atomic E-state index is 12.7. The van der Waals surface area contributed by atoms with Gasteiger partial charge in [0.05, 0.1) is 45.3 Å². The summed E-state index contributed by atoms with van der Waals surface area (Å²) in [5.41, 5.74) is 1.70. The minimum absolute atomic E-state index is 0.0155. The third kappa shape index (κ3) is 5.79. The van der Waals surface area contributed by atoms with Gasteiger partial charge in [-0.3, -0.25) is 4.79 Å². The van der Waals surface area contributed by atoms with Gasteiger partial charge in [0.1, 0.15) is 5.75 Å². The van der Waals surface area contributed by atoms with Gasteiger partial charge in [0.2, 0.25) is 11.7 Å². The van der Waals surface area contributed by atoms with E-state index >= 15 is 0 Å². The van der Waals surface area contributed by atoms with Crippen molar-refractivity contribution >= 4 is 33.5 Å². The fourth-order valence-electron chi connectivity index (χ4n) is 4.05. The number of methoxy groups -OCH3 is 4. The first-order chi connectivity index (χ1) is 17.0. The van der Waals surface area contributed by atoms with E-state index in [9.17, 15) is 4.79 Å². The first-order valence-electron chi connectivity index (χ1n) is 11.4. The molecule has 0 bridgehead atoms. The molecular formula is C26H30N2O6S. The van der Waals surface area contributed by atoms with Gasteiger partial charge in [-0.2, -0.15) is 0 Å². The predicted molar refractivity (Wildman–Crippen MR) is 136 cm³/mol. The molecule has 2 aromatic carbocycles. The van der Waals surface area contributed by atoms with E-state index in [1.54, 1.807) is 40.6 Å². The number of amides is 1. The molecule has 35 heavy (non-hydrogen) atoms. The van der Waals surface area contributed by atoms with E-state index in [-0.39, 0.29) is 5.91 Å². The smallest absolute Gasteiger partial charge is 0.274 e. The molecule has 1 amide bonds. The van der Waals surface area contributed by atoms with Crippen LogP contribution in [0.2, 0.25) is 0 Å². The van der Waals surface area contributed by atoms with Crippen molar-refractivity contribution < 1.29 is 28.5 Å². The third-order valence-corrected chi connectivity index (χ3v) is 6.98. The number of nitrogens with zero attached hydrogens (tertiary/aromatic N) is 2. The highest BCUT2D eigenvalue weighted by Gasteiger charge is 2.22. The van der Waals surface area contributed by atoms with Crippen LogP contribution in [0, 0.1) is 5.92 Å². The maximum Gasteiger partial charge on any atom is 0.274 e. The highest BCUT2D eigenvalue weighted by Crippen LogP contribution is 2.38. The van der Waals surface area contributed by atoms with Crippen molar-refractivity contribution in [3.8, 4) is 28.2 Å². The monoisotopic (exact) mass is 498 g/mol. The lowest BCUT2D eigenvalue weighted by Crippen LogP contribution is -2.38. The Balaban J connectivity index is 1.29. The Labute approximate surface area is 209 Å². The summed E-state index contributed by atoms with van der Waals surface area (Å²) in [4.78, 5) is 19.2. The van der Waals surface area contributed by atoms with E-state index in [1.807, 2.05) is 35.2 Å². The number of piperidine rings is 1. The number of ether oxygens (including phenoxy) is 5. The number of carbonyl (C=O) groups is 1. The fourth-order valence-corrected chi connectivity index (χ4v) is 4.90. The normalized spacial score (nSPS) is 14.3. The minimum Gasteiger partial charge on any atom is -0.497 e. The Hall–Kier alpha value is -3.46. The summed E-state index contributed by atoms with van der Waals surface area (Å²) in [7, 11) is 6.35. The van der Waals surface area contributed by atoms with Crippen LogP contribution >= 0.6 is 11.3 Å². The molecule has 186 valence electrons. The van der Waals surface area contributed by atoms with Crippen LogP contribution in [0.5, 0.6) is 28.2 Å². The predicted octanol–water partition coefficient (Wildman–Crippen LogP) is 4.66. The van der Waals surface area contributed by atoms with E-state index in [4.69, 9.17) is 23.7 Å². The molecule has 0 spiro atoms. The van der Waals surface area contributed by atoms with Gasteiger partial charge in [0.25, 0.3) is 5.19 Å². The van der Waals surface area contributed by atoms with Gasteiger partial charge in [-0.05, 0) is 60.7 Å². The summed E-state index contributed by atoms with van der Waals surface area (Å²) >= 11 is 1.52. The molecule has 8 nitrogen and oxygen atoms in total. The molecule has 0 unspecified atom stereocenters. The molecule has 1 aliphatic heterocycles. The van der Waals surface area contributed by atoms with Crippen LogP contribution in [0.4, 0.5) is 0 Å². The SMILES string of the molecule is COc1ccc2nc(OCC3CCN(C(=O)/C=C/c4cc(OC)c(OC)c(OC)c4)CC3)sc2c1. The molecule has 9 heteroatoms. The molecule has 1 fully saturated rings. The molecule has 0 saturated carbocycles. The number of fused-ring (bicyclic) bond motifs is 1.